The minimum Gasteiger partial charge on any atom is -0.479 e. The van der Waals surface area contributed by atoms with E-state index in [0.717, 1.165) is 44.9 Å². The van der Waals surface area contributed by atoms with Gasteiger partial charge in [-0.3, -0.25) is 0 Å². The highest BCUT2D eigenvalue weighted by molar-refractivity contribution is 6.30. The zero-order chi connectivity index (χ0) is 24.4. The molecule has 2 aromatic rings. The van der Waals surface area contributed by atoms with Gasteiger partial charge in [0.1, 0.15) is 6.61 Å². The molecule has 184 valence electrons. The number of carbonyl (C=O) groups excluding carboxylic acids is 1. The Bertz CT molecular complexity index is 912. The molecule has 0 saturated heterocycles. The maximum Gasteiger partial charge on any atom is 0.418 e. The predicted octanol–water partition coefficient (Wildman–Crippen LogP) is 7.23. The number of benzene rings is 2. The molecule has 1 N–H and O–H groups in total. The van der Waals surface area contributed by atoms with Crippen LogP contribution in [-0.2, 0) is 14.3 Å². The fraction of sp³-hybridized carbons (Fsp3) is 0.481. The first-order chi connectivity index (χ1) is 16.4. The number of ether oxygens (including phenoxy) is 2. The van der Waals surface area contributed by atoms with E-state index in [4.69, 9.17) is 21.1 Å². The smallest absolute Gasteiger partial charge is 0.418 e. The number of anilines is 2. The van der Waals surface area contributed by atoms with Crippen molar-refractivity contribution in [2.45, 2.75) is 64.4 Å². The largest absolute Gasteiger partial charge is 0.479 e. The van der Waals surface area contributed by atoms with E-state index in [2.05, 4.69) is 0 Å². The Morgan fingerprint density at radius 2 is 1.65 bits per heavy atom. The Morgan fingerprint density at radius 3 is 2.26 bits per heavy atom. The number of halogens is 1. The van der Waals surface area contributed by atoms with Gasteiger partial charge < -0.3 is 14.6 Å². The van der Waals surface area contributed by atoms with Crippen molar-refractivity contribution in [3.63, 3.8) is 0 Å². The number of hydrogen-bond donors (Lipinski definition) is 1. The van der Waals surface area contributed by atoms with Crippen molar-refractivity contribution < 1.29 is 24.2 Å². The summed E-state index contributed by atoms with van der Waals surface area (Å²) in [6, 6.07) is 16.3. The number of nitrogens with zero attached hydrogens (tertiary/aromatic N) is 1. The molecule has 1 fully saturated rings. The van der Waals surface area contributed by atoms with Crippen molar-refractivity contribution in [2.24, 2.45) is 5.41 Å². The summed E-state index contributed by atoms with van der Waals surface area (Å²) in [7, 11) is 0. The lowest BCUT2D eigenvalue weighted by Gasteiger charge is -2.37. The van der Waals surface area contributed by atoms with Crippen molar-refractivity contribution in [3.05, 3.63) is 59.6 Å². The first-order valence-corrected chi connectivity index (χ1v) is 12.4. The summed E-state index contributed by atoms with van der Waals surface area (Å²) in [6.07, 6.45) is 5.69. The van der Waals surface area contributed by atoms with Gasteiger partial charge in [-0.1, -0.05) is 68.8 Å². The Morgan fingerprint density at radius 1 is 1.00 bits per heavy atom. The lowest BCUT2D eigenvalue weighted by atomic mass is 9.75. The van der Waals surface area contributed by atoms with Crippen LogP contribution >= 0.6 is 11.6 Å². The number of rotatable bonds is 11. The van der Waals surface area contributed by atoms with Crippen LogP contribution in [0.2, 0.25) is 5.02 Å². The van der Waals surface area contributed by atoms with Gasteiger partial charge in [-0.15, -0.1) is 0 Å². The molecule has 0 aliphatic heterocycles. The highest BCUT2D eigenvalue weighted by atomic mass is 35.5. The molecule has 0 radical (unpaired) electrons. The number of unbranched alkanes of at least 4 members (excludes halogenated alkanes) is 1. The van der Waals surface area contributed by atoms with E-state index in [0.29, 0.717) is 22.8 Å². The number of carboxylic acids is 1. The zero-order valence-corrected chi connectivity index (χ0v) is 20.5. The third kappa shape index (κ3) is 7.21. The molecule has 1 aliphatic carbocycles. The molecule has 3 rings (SSSR count). The van der Waals surface area contributed by atoms with E-state index in [1.165, 1.54) is 4.90 Å². The third-order valence-corrected chi connectivity index (χ3v) is 6.64. The Hall–Kier alpha value is -2.57. The van der Waals surface area contributed by atoms with Crippen LogP contribution in [0.15, 0.2) is 54.6 Å². The fourth-order valence-electron chi connectivity index (χ4n) is 4.38. The van der Waals surface area contributed by atoms with Crippen LogP contribution in [-0.4, -0.2) is 36.5 Å². The summed E-state index contributed by atoms with van der Waals surface area (Å²) in [5.74, 6) is -0.936. The van der Waals surface area contributed by atoms with Gasteiger partial charge in [0.2, 0.25) is 0 Å². The van der Waals surface area contributed by atoms with Crippen LogP contribution in [0.4, 0.5) is 16.2 Å². The Balaban J connectivity index is 1.74. The van der Waals surface area contributed by atoms with Crippen LogP contribution in [0.5, 0.6) is 0 Å². The normalized spacial score (nSPS) is 15.9. The van der Waals surface area contributed by atoms with E-state index < -0.39 is 18.2 Å². The van der Waals surface area contributed by atoms with E-state index >= 15 is 0 Å². The average molecular weight is 488 g/mol. The van der Waals surface area contributed by atoms with Gasteiger partial charge in [-0.05, 0) is 55.7 Å². The first-order valence-electron chi connectivity index (χ1n) is 12.1. The molecule has 0 heterocycles. The number of amides is 1. The van der Waals surface area contributed by atoms with Crippen LogP contribution in [0.3, 0.4) is 0 Å². The fourth-order valence-corrected chi connectivity index (χ4v) is 4.51. The standard InChI is InChI=1S/C27H34ClNO5/c1-2-3-12-24(25(30)31)33-19-27(17-8-5-9-18-27)20-34-26(32)29(22-10-6-4-7-11-22)23-15-13-21(28)14-16-23/h4,6-7,10-11,13-16,24H,2-3,5,8-9,12,17-20H2,1H3,(H,30,31). The van der Waals surface area contributed by atoms with Crippen LogP contribution < -0.4 is 4.90 Å². The summed E-state index contributed by atoms with van der Waals surface area (Å²) in [5.41, 5.74) is 0.963. The zero-order valence-electron chi connectivity index (χ0n) is 19.7. The molecule has 1 unspecified atom stereocenters. The number of carboxylic acid groups (broad SMARTS) is 1. The summed E-state index contributed by atoms with van der Waals surface area (Å²) in [5, 5.41) is 10.1. The second kappa shape index (κ2) is 12.8. The molecule has 7 heteroatoms. The van der Waals surface area contributed by atoms with E-state index in [1.807, 2.05) is 37.3 Å². The minimum absolute atomic E-state index is 0.183. The van der Waals surface area contributed by atoms with Gasteiger partial charge in [0, 0.05) is 10.4 Å². The van der Waals surface area contributed by atoms with E-state index in [1.54, 1.807) is 24.3 Å². The van der Waals surface area contributed by atoms with Gasteiger partial charge in [0.05, 0.1) is 18.0 Å². The number of aliphatic carboxylic acids is 1. The second-order valence-electron chi connectivity index (χ2n) is 9.04. The molecule has 0 spiro atoms. The van der Waals surface area contributed by atoms with Crippen LogP contribution in [0.1, 0.15) is 58.3 Å². The quantitative estimate of drug-likeness (QED) is 0.362. The van der Waals surface area contributed by atoms with Gasteiger partial charge in [-0.2, -0.15) is 0 Å². The van der Waals surface area contributed by atoms with E-state index in [9.17, 15) is 14.7 Å². The van der Waals surface area contributed by atoms with Gasteiger partial charge >= 0.3 is 12.1 Å². The second-order valence-corrected chi connectivity index (χ2v) is 9.48. The minimum atomic E-state index is -0.936. The summed E-state index contributed by atoms with van der Waals surface area (Å²) >= 11 is 6.05. The lowest BCUT2D eigenvalue weighted by molar-refractivity contribution is -0.155. The third-order valence-electron chi connectivity index (χ3n) is 6.38. The molecule has 34 heavy (non-hydrogen) atoms. The van der Waals surface area contributed by atoms with Crippen molar-refractivity contribution in [3.8, 4) is 0 Å². The summed E-state index contributed by atoms with van der Waals surface area (Å²) in [6.45, 7) is 2.48. The predicted molar refractivity (Wildman–Crippen MR) is 134 cm³/mol. The SMILES string of the molecule is CCCCC(OCC1(COC(=O)N(c2ccccc2)c2ccc(Cl)cc2)CCCCC1)C(=O)O. The number of para-hydroxylation sites is 1. The van der Waals surface area contributed by atoms with Crippen LogP contribution in [0, 0.1) is 5.41 Å². The molecule has 1 amide bonds. The molecular formula is C27H34ClNO5. The van der Waals surface area contributed by atoms with Gasteiger partial charge in [0.25, 0.3) is 0 Å². The lowest BCUT2D eigenvalue weighted by Crippen LogP contribution is -2.40. The Labute approximate surface area is 206 Å². The average Bonchev–Trinajstić information content (AvgIpc) is 2.85. The van der Waals surface area contributed by atoms with Gasteiger partial charge in [-0.25, -0.2) is 14.5 Å². The highest BCUT2D eigenvalue weighted by Crippen LogP contribution is 2.38. The summed E-state index contributed by atoms with van der Waals surface area (Å²) in [4.78, 5) is 26.5. The molecule has 2 aromatic carbocycles. The monoisotopic (exact) mass is 487 g/mol. The number of carbonyl (C=O) groups is 2. The Kier molecular flexibility index (Phi) is 9.78. The molecule has 1 aliphatic rings. The molecule has 1 saturated carbocycles. The molecule has 6 nitrogen and oxygen atoms in total. The number of hydrogen-bond acceptors (Lipinski definition) is 4. The van der Waals surface area contributed by atoms with Crippen molar-refractivity contribution >= 4 is 35.0 Å². The molecule has 0 bridgehead atoms. The first kappa shape index (κ1) is 26.0. The van der Waals surface area contributed by atoms with Crippen molar-refractivity contribution in [2.75, 3.05) is 18.1 Å². The highest BCUT2D eigenvalue weighted by Gasteiger charge is 2.36. The molecule has 0 aromatic heterocycles. The molecule has 1 atom stereocenters. The van der Waals surface area contributed by atoms with E-state index in [-0.39, 0.29) is 18.6 Å². The van der Waals surface area contributed by atoms with Crippen molar-refractivity contribution in [1.82, 2.24) is 0 Å². The maximum atomic E-state index is 13.3. The van der Waals surface area contributed by atoms with Crippen molar-refractivity contribution in [1.29, 1.82) is 0 Å². The topological polar surface area (TPSA) is 76.1 Å². The van der Waals surface area contributed by atoms with Crippen LogP contribution in [0.25, 0.3) is 0 Å². The maximum absolute atomic E-state index is 13.3. The molecular weight excluding hydrogens is 454 g/mol. The summed E-state index contributed by atoms with van der Waals surface area (Å²) < 4.78 is 11.8. The van der Waals surface area contributed by atoms with Gasteiger partial charge in [0.15, 0.2) is 6.10 Å².